The van der Waals surface area contributed by atoms with Crippen molar-refractivity contribution in [3.63, 3.8) is 0 Å². The van der Waals surface area contributed by atoms with E-state index in [1.165, 1.54) is 0 Å². The molecule has 3 heteroatoms. The van der Waals surface area contributed by atoms with Crippen LogP contribution >= 0.6 is 0 Å². The van der Waals surface area contributed by atoms with Gasteiger partial charge in [0.1, 0.15) is 0 Å². The van der Waals surface area contributed by atoms with Gasteiger partial charge in [-0.2, -0.15) is 0 Å². The normalized spacial score (nSPS) is 11.1. The Labute approximate surface area is 98.6 Å². The summed E-state index contributed by atoms with van der Waals surface area (Å²) in [5.41, 5.74) is 9.01. The second-order valence-electron chi connectivity index (χ2n) is 4.54. The molecule has 1 aromatic carbocycles. The molecule has 3 nitrogen and oxygen atoms in total. The highest BCUT2D eigenvalue weighted by atomic mass is 15.1. The third-order valence-corrected chi connectivity index (χ3v) is 2.99. The first-order valence-corrected chi connectivity index (χ1v) is 5.81. The number of rotatable bonds is 5. The Kier molecular flexibility index (Phi) is 4.62. The summed E-state index contributed by atoms with van der Waals surface area (Å²) in [6, 6.07) is 6.66. The number of nitrogens with one attached hydrogen (secondary N) is 1. The molecule has 0 aromatic heterocycles. The van der Waals surface area contributed by atoms with Crippen LogP contribution in [0.2, 0.25) is 0 Å². The molecular formula is C13H23N3. The number of nitrogen functional groups attached to an aromatic ring is 1. The van der Waals surface area contributed by atoms with E-state index in [4.69, 9.17) is 5.73 Å². The number of nitrogens with two attached hydrogens (primary N) is 1. The Bertz CT molecular complexity index is 334. The zero-order valence-electron chi connectivity index (χ0n) is 10.7. The fourth-order valence-corrected chi connectivity index (χ4v) is 1.46. The fourth-order valence-electron chi connectivity index (χ4n) is 1.46. The summed E-state index contributed by atoms with van der Waals surface area (Å²) in [6.07, 6.45) is 0. The minimum atomic E-state index is 0.580. The van der Waals surface area contributed by atoms with E-state index >= 15 is 0 Å². The molecular weight excluding hydrogens is 198 g/mol. The zero-order valence-corrected chi connectivity index (χ0v) is 10.7. The molecule has 0 saturated carbocycles. The molecule has 0 aliphatic rings. The van der Waals surface area contributed by atoms with Gasteiger partial charge in [0, 0.05) is 19.1 Å². The molecule has 1 aromatic rings. The molecule has 0 aliphatic heterocycles. The summed E-state index contributed by atoms with van der Waals surface area (Å²) < 4.78 is 0. The van der Waals surface area contributed by atoms with E-state index < -0.39 is 0 Å². The van der Waals surface area contributed by atoms with Crippen LogP contribution in [0.25, 0.3) is 0 Å². The highest BCUT2D eigenvalue weighted by Gasteiger charge is 2.03. The number of anilines is 2. The highest BCUT2D eigenvalue weighted by Crippen LogP contribution is 2.21. The summed E-state index contributed by atoms with van der Waals surface area (Å²) in [7, 11) is 2.13. The summed E-state index contributed by atoms with van der Waals surface area (Å²) in [6.45, 7) is 8.36. The average molecular weight is 221 g/mol. The zero-order chi connectivity index (χ0) is 12.1. The predicted molar refractivity (Wildman–Crippen MR) is 71.8 cm³/mol. The first-order chi connectivity index (χ1) is 7.52. The van der Waals surface area contributed by atoms with Crippen LogP contribution in [0.3, 0.4) is 0 Å². The van der Waals surface area contributed by atoms with Crippen molar-refractivity contribution in [1.29, 1.82) is 0 Å². The summed E-state index contributed by atoms with van der Waals surface area (Å²) in [5, 5.41) is 3.37. The monoisotopic (exact) mass is 221 g/mol. The molecule has 0 saturated heterocycles. The topological polar surface area (TPSA) is 41.3 Å². The number of nitrogens with zero attached hydrogens (tertiary/aromatic N) is 1. The molecule has 0 fully saturated rings. The smallest absolute Gasteiger partial charge is 0.0579 e. The van der Waals surface area contributed by atoms with Gasteiger partial charge >= 0.3 is 0 Å². The van der Waals surface area contributed by atoms with Crippen LogP contribution in [0.5, 0.6) is 0 Å². The number of hydrogen-bond acceptors (Lipinski definition) is 3. The Morgan fingerprint density at radius 1 is 1.38 bits per heavy atom. The van der Waals surface area contributed by atoms with Gasteiger partial charge in [0.05, 0.1) is 11.4 Å². The van der Waals surface area contributed by atoms with Gasteiger partial charge in [-0.05, 0) is 39.4 Å². The van der Waals surface area contributed by atoms with Crippen molar-refractivity contribution in [2.24, 2.45) is 0 Å². The van der Waals surface area contributed by atoms with Gasteiger partial charge in [0.25, 0.3) is 0 Å². The molecule has 3 N–H and O–H groups in total. The molecule has 0 radical (unpaired) electrons. The number of benzene rings is 1. The predicted octanol–water partition coefficient (Wildman–Crippen LogP) is 2.33. The SMILES string of the molecule is Cc1cccc(NCCN(C)C(C)C)c1N. The van der Waals surface area contributed by atoms with Crippen LogP contribution in [0, 0.1) is 6.92 Å². The average Bonchev–Trinajstić information content (AvgIpc) is 2.24. The Morgan fingerprint density at radius 2 is 2.06 bits per heavy atom. The summed E-state index contributed by atoms with van der Waals surface area (Å²) in [4.78, 5) is 2.30. The van der Waals surface area contributed by atoms with Crippen molar-refractivity contribution in [3.8, 4) is 0 Å². The Balaban J connectivity index is 2.46. The summed E-state index contributed by atoms with van der Waals surface area (Å²) >= 11 is 0. The molecule has 90 valence electrons. The molecule has 0 amide bonds. The molecule has 0 aliphatic carbocycles. The van der Waals surface area contributed by atoms with Gasteiger partial charge in [0.15, 0.2) is 0 Å². The lowest BCUT2D eigenvalue weighted by Crippen LogP contribution is -2.31. The minimum Gasteiger partial charge on any atom is -0.397 e. The van der Waals surface area contributed by atoms with E-state index in [2.05, 4.69) is 31.1 Å². The third-order valence-electron chi connectivity index (χ3n) is 2.99. The standard InChI is InChI=1S/C13H23N3/c1-10(2)16(4)9-8-15-12-7-5-6-11(3)13(12)14/h5-7,10,15H,8-9,14H2,1-4H3. The number of hydrogen-bond donors (Lipinski definition) is 2. The van der Waals surface area contributed by atoms with Crippen molar-refractivity contribution in [2.75, 3.05) is 31.2 Å². The van der Waals surface area contributed by atoms with Crippen molar-refractivity contribution < 1.29 is 0 Å². The molecule has 0 bridgehead atoms. The lowest BCUT2D eigenvalue weighted by atomic mass is 10.2. The maximum absolute atomic E-state index is 5.98. The molecule has 16 heavy (non-hydrogen) atoms. The van der Waals surface area contributed by atoms with Gasteiger partial charge in [-0.15, -0.1) is 0 Å². The van der Waals surface area contributed by atoms with Crippen LogP contribution in [0.4, 0.5) is 11.4 Å². The van der Waals surface area contributed by atoms with E-state index in [9.17, 15) is 0 Å². The minimum absolute atomic E-state index is 0.580. The first-order valence-electron chi connectivity index (χ1n) is 5.81. The van der Waals surface area contributed by atoms with E-state index in [1.807, 2.05) is 25.1 Å². The molecule has 1 rings (SSSR count). The van der Waals surface area contributed by atoms with Gasteiger partial charge in [0.2, 0.25) is 0 Å². The van der Waals surface area contributed by atoms with Gasteiger partial charge < -0.3 is 16.0 Å². The lowest BCUT2D eigenvalue weighted by molar-refractivity contribution is 0.284. The van der Waals surface area contributed by atoms with Gasteiger partial charge in [-0.25, -0.2) is 0 Å². The van der Waals surface area contributed by atoms with E-state index in [0.717, 1.165) is 30.0 Å². The van der Waals surface area contributed by atoms with Crippen LogP contribution in [0.15, 0.2) is 18.2 Å². The number of likely N-dealkylation sites (N-methyl/N-ethyl adjacent to an activating group) is 1. The molecule has 0 heterocycles. The van der Waals surface area contributed by atoms with Crippen molar-refractivity contribution >= 4 is 11.4 Å². The third kappa shape index (κ3) is 3.42. The van der Waals surface area contributed by atoms with Gasteiger partial charge in [-0.3, -0.25) is 0 Å². The number of para-hydroxylation sites is 1. The molecule has 0 unspecified atom stereocenters. The van der Waals surface area contributed by atoms with Crippen LogP contribution in [-0.2, 0) is 0 Å². The van der Waals surface area contributed by atoms with Crippen molar-refractivity contribution in [3.05, 3.63) is 23.8 Å². The Morgan fingerprint density at radius 3 is 2.69 bits per heavy atom. The van der Waals surface area contributed by atoms with E-state index in [0.29, 0.717) is 6.04 Å². The molecule has 0 atom stereocenters. The van der Waals surface area contributed by atoms with Crippen LogP contribution in [0.1, 0.15) is 19.4 Å². The van der Waals surface area contributed by atoms with Crippen molar-refractivity contribution in [2.45, 2.75) is 26.8 Å². The van der Waals surface area contributed by atoms with E-state index in [1.54, 1.807) is 0 Å². The number of aryl methyl sites for hydroxylation is 1. The molecule has 0 spiro atoms. The second-order valence-corrected chi connectivity index (χ2v) is 4.54. The maximum atomic E-state index is 5.98. The second kappa shape index (κ2) is 5.75. The van der Waals surface area contributed by atoms with E-state index in [-0.39, 0.29) is 0 Å². The van der Waals surface area contributed by atoms with Crippen LogP contribution < -0.4 is 11.1 Å². The van der Waals surface area contributed by atoms with Crippen LogP contribution in [-0.4, -0.2) is 31.1 Å². The summed E-state index contributed by atoms with van der Waals surface area (Å²) in [5.74, 6) is 0. The van der Waals surface area contributed by atoms with Gasteiger partial charge in [-0.1, -0.05) is 12.1 Å². The first kappa shape index (κ1) is 12.8. The largest absolute Gasteiger partial charge is 0.397 e. The fraction of sp³-hybridized carbons (Fsp3) is 0.538. The Hall–Kier alpha value is -1.22. The quantitative estimate of drug-likeness (QED) is 0.750. The maximum Gasteiger partial charge on any atom is 0.0579 e. The highest BCUT2D eigenvalue weighted by molar-refractivity contribution is 5.69. The lowest BCUT2D eigenvalue weighted by Gasteiger charge is -2.21. The van der Waals surface area contributed by atoms with Crippen molar-refractivity contribution in [1.82, 2.24) is 4.90 Å².